The van der Waals surface area contributed by atoms with Crippen molar-refractivity contribution in [2.24, 2.45) is 5.73 Å². The number of thiazole rings is 1. The number of ether oxygens (including phenoxy) is 1. The number of rotatable bonds is 5. The second-order valence-corrected chi connectivity index (χ2v) is 5.32. The van der Waals surface area contributed by atoms with Crippen LogP contribution in [0.25, 0.3) is 5.69 Å². The van der Waals surface area contributed by atoms with Crippen LogP contribution in [0.2, 0.25) is 0 Å². The molecule has 102 valence electrons. The molecule has 19 heavy (non-hydrogen) atoms. The molecule has 1 heterocycles. The van der Waals surface area contributed by atoms with E-state index in [0.29, 0.717) is 11.3 Å². The normalized spacial score (nSPS) is 12.4. The molecule has 0 saturated heterocycles. The highest BCUT2D eigenvalue weighted by molar-refractivity contribution is 7.07. The Kier molecular flexibility index (Phi) is 4.39. The van der Waals surface area contributed by atoms with E-state index in [2.05, 4.69) is 6.92 Å². The van der Waals surface area contributed by atoms with Gasteiger partial charge in [-0.3, -0.25) is 9.98 Å². The van der Waals surface area contributed by atoms with Crippen LogP contribution >= 0.6 is 11.3 Å². The van der Waals surface area contributed by atoms with Crippen molar-refractivity contribution in [2.75, 3.05) is 0 Å². The van der Waals surface area contributed by atoms with E-state index in [0.717, 1.165) is 23.4 Å². The van der Waals surface area contributed by atoms with Crippen molar-refractivity contribution in [3.05, 3.63) is 40.1 Å². The van der Waals surface area contributed by atoms with Crippen molar-refractivity contribution in [1.29, 1.82) is 5.41 Å². The fourth-order valence-corrected chi connectivity index (χ4v) is 2.33. The molecule has 0 aliphatic heterocycles. The highest BCUT2D eigenvalue weighted by Gasteiger charge is 2.10. The van der Waals surface area contributed by atoms with E-state index >= 15 is 0 Å². The van der Waals surface area contributed by atoms with Crippen LogP contribution in [0.1, 0.15) is 25.8 Å². The minimum absolute atomic E-state index is 0.149. The van der Waals surface area contributed by atoms with E-state index in [9.17, 15) is 0 Å². The van der Waals surface area contributed by atoms with Crippen LogP contribution in [0.4, 0.5) is 0 Å². The Morgan fingerprint density at radius 3 is 2.84 bits per heavy atom. The summed E-state index contributed by atoms with van der Waals surface area (Å²) in [6.07, 6.45) is 2.97. The lowest BCUT2D eigenvalue weighted by Gasteiger charge is -2.17. The summed E-state index contributed by atoms with van der Waals surface area (Å²) in [6, 6.07) is 5.90. The summed E-state index contributed by atoms with van der Waals surface area (Å²) in [4.78, 5) is 0.475. The minimum Gasteiger partial charge on any atom is -0.489 e. The van der Waals surface area contributed by atoms with Gasteiger partial charge in [-0.15, -0.1) is 11.3 Å². The third kappa shape index (κ3) is 3.05. The molecule has 0 spiro atoms. The molecule has 2 rings (SSSR count). The van der Waals surface area contributed by atoms with Crippen LogP contribution in [-0.2, 0) is 6.54 Å². The predicted octanol–water partition coefficient (Wildman–Crippen LogP) is 2.65. The number of hydrogen-bond donors (Lipinski definition) is 2. The molecule has 5 heteroatoms. The summed E-state index contributed by atoms with van der Waals surface area (Å²) in [5.41, 5.74) is 7.61. The molecule has 4 nitrogen and oxygen atoms in total. The first kappa shape index (κ1) is 13.8. The van der Waals surface area contributed by atoms with Crippen molar-refractivity contribution >= 4 is 11.3 Å². The molecule has 0 fully saturated rings. The SMILES string of the molecule is CCC(C)Oc1ccc(CN)cc1-n1ccsc1=N. The first-order valence-electron chi connectivity index (χ1n) is 6.36. The Bertz CT molecular complexity index is 603. The second-order valence-electron chi connectivity index (χ2n) is 4.42. The van der Waals surface area contributed by atoms with Gasteiger partial charge in [-0.2, -0.15) is 0 Å². The third-order valence-electron chi connectivity index (χ3n) is 3.03. The smallest absolute Gasteiger partial charge is 0.186 e. The zero-order chi connectivity index (χ0) is 13.8. The molecule has 1 aromatic heterocycles. The number of nitrogens with one attached hydrogen (secondary N) is 1. The van der Waals surface area contributed by atoms with Crippen molar-refractivity contribution < 1.29 is 4.74 Å². The van der Waals surface area contributed by atoms with Gasteiger partial charge in [0.25, 0.3) is 0 Å². The lowest BCUT2D eigenvalue weighted by molar-refractivity contribution is 0.217. The number of benzene rings is 1. The van der Waals surface area contributed by atoms with Crippen LogP contribution in [-0.4, -0.2) is 10.7 Å². The van der Waals surface area contributed by atoms with Gasteiger partial charge >= 0.3 is 0 Å². The van der Waals surface area contributed by atoms with Gasteiger partial charge in [0.15, 0.2) is 4.80 Å². The van der Waals surface area contributed by atoms with Crippen LogP contribution < -0.4 is 15.3 Å². The van der Waals surface area contributed by atoms with Gasteiger partial charge in [0, 0.05) is 18.1 Å². The zero-order valence-corrected chi connectivity index (χ0v) is 12.0. The average Bonchev–Trinajstić information content (AvgIpc) is 2.85. The van der Waals surface area contributed by atoms with Crippen LogP contribution in [0.5, 0.6) is 5.75 Å². The predicted molar refractivity (Wildman–Crippen MR) is 77.8 cm³/mol. The fourth-order valence-electron chi connectivity index (χ4n) is 1.75. The molecule has 1 aromatic carbocycles. The fraction of sp³-hybridized carbons (Fsp3) is 0.357. The molecule has 0 aliphatic carbocycles. The Morgan fingerprint density at radius 2 is 2.26 bits per heavy atom. The lowest BCUT2D eigenvalue weighted by Crippen LogP contribution is -2.16. The molecule has 2 aromatic rings. The molecular formula is C14H19N3OS. The summed E-state index contributed by atoms with van der Waals surface area (Å²) in [5.74, 6) is 0.795. The van der Waals surface area contributed by atoms with E-state index < -0.39 is 0 Å². The van der Waals surface area contributed by atoms with Crippen molar-refractivity contribution in [3.63, 3.8) is 0 Å². The Morgan fingerprint density at radius 1 is 1.47 bits per heavy atom. The molecule has 0 aliphatic rings. The first-order chi connectivity index (χ1) is 9.15. The van der Waals surface area contributed by atoms with Gasteiger partial charge < -0.3 is 10.5 Å². The monoisotopic (exact) mass is 277 g/mol. The molecule has 3 N–H and O–H groups in total. The van der Waals surface area contributed by atoms with Crippen molar-refractivity contribution in [2.45, 2.75) is 32.9 Å². The van der Waals surface area contributed by atoms with E-state index in [1.54, 1.807) is 0 Å². The largest absolute Gasteiger partial charge is 0.489 e. The quantitative estimate of drug-likeness (QED) is 0.882. The summed E-state index contributed by atoms with van der Waals surface area (Å²) in [5, 5.41) is 9.83. The zero-order valence-electron chi connectivity index (χ0n) is 11.2. The standard InChI is InChI=1S/C14H19N3OS/c1-3-10(2)18-13-5-4-11(9-15)8-12(13)17-6-7-19-14(17)16/h4-8,10,16H,3,9,15H2,1-2H3. The molecule has 0 amide bonds. The number of nitrogens with two attached hydrogens (primary N) is 1. The Hall–Kier alpha value is -1.59. The number of aromatic nitrogens is 1. The van der Waals surface area contributed by atoms with Crippen molar-refractivity contribution in [3.8, 4) is 11.4 Å². The highest BCUT2D eigenvalue weighted by atomic mass is 32.1. The summed E-state index contributed by atoms with van der Waals surface area (Å²) in [7, 11) is 0. The molecule has 1 atom stereocenters. The van der Waals surface area contributed by atoms with Crippen molar-refractivity contribution in [1.82, 2.24) is 4.57 Å². The third-order valence-corrected chi connectivity index (χ3v) is 3.71. The minimum atomic E-state index is 0.149. The maximum Gasteiger partial charge on any atom is 0.186 e. The van der Waals surface area contributed by atoms with E-state index in [-0.39, 0.29) is 6.10 Å². The van der Waals surface area contributed by atoms with Gasteiger partial charge in [0.1, 0.15) is 5.75 Å². The second kappa shape index (κ2) is 6.04. The maximum atomic E-state index is 7.93. The molecule has 0 saturated carbocycles. The van der Waals surface area contributed by atoms with Gasteiger partial charge in [0.2, 0.25) is 0 Å². The van der Waals surface area contributed by atoms with Crippen LogP contribution in [0, 0.1) is 5.41 Å². The Balaban J connectivity index is 2.49. The molecule has 0 radical (unpaired) electrons. The topological polar surface area (TPSA) is 64.0 Å². The van der Waals surface area contributed by atoms with Crippen LogP contribution in [0.15, 0.2) is 29.8 Å². The number of nitrogens with zero attached hydrogens (tertiary/aromatic N) is 1. The maximum absolute atomic E-state index is 7.93. The van der Waals surface area contributed by atoms with E-state index in [4.69, 9.17) is 15.9 Å². The van der Waals surface area contributed by atoms with Gasteiger partial charge in [-0.25, -0.2) is 0 Å². The molecule has 1 unspecified atom stereocenters. The summed E-state index contributed by atoms with van der Waals surface area (Å²) < 4.78 is 7.75. The van der Waals surface area contributed by atoms with Gasteiger partial charge in [0.05, 0.1) is 11.8 Å². The lowest BCUT2D eigenvalue weighted by atomic mass is 10.2. The Labute approximate surface area is 117 Å². The number of hydrogen-bond acceptors (Lipinski definition) is 4. The average molecular weight is 277 g/mol. The first-order valence-corrected chi connectivity index (χ1v) is 7.24. The molecule has 0 bridgehead atoms. The van der Waals surface area contributed by atoms with Gasteiger partial charge in [-0.05, 0) is 31.0 Å². The van der Waals surface area contributed by atoms with E-state index in [1.165, 1.54) is 11.3 Å². The van der Waals surface area contributed by atoms with Crippen LogP contribution in [0.3, 0.4) is 0 Å². The molecular weight excluding hydrogens is 258 g/mol. The van der Waals surface area contributed by atoms with Gasteiger partial charge in [-0.1, -0.05) is 13.0 Å². The summed E-state index contributed by atoms with van der Waals surface area (Å²) in [6.45, 7) is 4.61. The highest BCUT2D eigenvalue weighted by Crippen LogP contribution is 2.25. The summed E-state index contributed by atoms with van der Waals surface area (Å²) >= 11 is 1.39. The van der Waals surface area contributed by atoms with E-state index in [1.807, 2.05) is 41.3 Å².